The molecule has 5 nitrogen and oxygen atoms in total. The number of nitrogens with zero attached hydrogens (tertiary/aromatic N) is 2. The number of nitrogens with two attached hydrogens (primary N) is 1. The second kappa shape index (κ2) is 5.92. The Morgan fingerprint density at radius 3 is 2.84 bits per heavy atom. The third-order valence-electron chi connectivity index (χ3n) is 2.89. The molecular weight excluding hydrogens is 332 g/mol. The minimum atomic E-state index is -0.256. The van der Waals surface area contributed by atoms with Gasteiger partial charge in [0.25, 0.3) is 0 Å². The monoisotopic (exact) mass is 344 g/mol. The normalized spacial score (nSPS) is 12.5. The number of hydrogen-bond donors (Lipinski definition) is 2. The van der Waals surface area contributed by atoms with Crippen LogP contribution >= 0.6 is 27.5 Å². The van der Waals surface area contributed by atoms with E-state index in [-0.39, 0.29) is 6.04 Å². The third-order valence-corrected chi connectivity index (χ3v) is 4.12. The van der Waals surface area contributed by atoms with Crippen molar-refractivity contribution in [3.05, 3.63) is 45.1 Å². The van der Waals surface area contributed by atoms with Crippen LogP contribution in [0.1, 0.15) is 17.3 Å². The Labute approximate surface area is 124 Å². The topological polar surface area (TPSA) is 65.1 Å². The Balaban J connectivity index is 2.49. The molecule has 7 heteroatoms. The SMILES string of the molecule is COc1cnn(C)c1C(NN)c1ccc(Br)c(Cl)c1. The van der Waals surface area contributed by atoms with Crippen LogP contribution in [0, 0.1) is 0 Å². The molecule has 0 aliphatic carbocycles. The minimum absolute atomic E-state index is 0.256. The number of aryl methyl sites for hydroxylation is 1. The van der Waals surface area contributed by atoms with Gasteiger partial charge < -0.3 is 4.74 Å². The van der Waals surface area contributed by atoms with E-state index >= 15 is 0 Å². The molecule has 0 radical (unpaired) electrons. The van der Waals surface area contributed by atoms with Gasteiger partial charge in [0, 0.05) is 11.5 Å². The summed E-state index contributed by atoms with van der Waals surface area (Å²) in [6.07, 6.45) is 1.65. The van der Waals surface area contributed by atoms with Crippen LogP contribution in [0.3, 0.4) is 0 Å². The summed E-state index contributed by atoms with van der Waals surface area (Å²) in [6.45, 7) is 0. The van der Waals surface area contributed by atoms with E-state index in [1.54, 1.807) is 18.0 Å². The molecule has 1 atom stereocenters. The van der Waals surface area contributed by atoms with Gasteiger partial charge in [-0.2, -0.15) is 5.10 Å². The van der Waals surface area contributed by atoms with Crippen LogP contribution in [0.4, 0.5) is 0 Å². The standard InChI is InChI=1S/C12H14BrClN4O/c1-18-12(10(19-2)6-16-18)11(17-15)7-3-4-8(13)9(14)5-7/h3-6,11,17H,15H2,1-2H3. The van der Waals surface area contributed by atoms with Crippen LogP contribution in [0.2, 0.25) is 5.02 Å². The molecule has 0 aliphatic rings. The van der Waals surface area contributed by atoms with E-state index in [0.29, 0.717) is 10.8 Å². The lowest BCUT2D eigenvalue weighted by Crippen LogP contribution is -2.30. The largest absolute Gasteiger partial charge is 0.493 e. The number of ether oxygens (including phenoxy) is 1. The molecule has 1 aromatic carbocycles. The second-order valence-corrected chi connectivity index (χ2v) is 5.26. The fourth-order valence-electron chi connectivity index (χ4n) is 1.94. The molecule has 0 aliphatic heterocycles. The molecule has 0 saturated heterocycles. The zero-order valence-corrected chi connectivity index (χ0v) is 12.9. The van der Waals surface area contributed by atoms with E-state index in [0.717, 1.165) is 15.7 Å². The first-order valence-electron chi connectivity index (χ1n) is 5.55. The van der Waals surface area contributed by atoms with Crippen molar-refractivity contribution in [1.29, 1.82) is 0 Å². The Bertz CT molecular complexity index is 587. The lowest BCUT2D eigenvalue weighted by Gasteiger charge is -2.18. The second-order valence-electron chi connectivity index (χ2n) is 4.00. The van der Waals surface area contributed by atoms with Gasteiger partial charge in [0.15, 0.2) is 5.75 Å². The quantitative estimate of drug-likeness (QED) is 0.660. The van der Waals surface area contributed by atoms with Crippen LogP contribution < -0.4 is 16.0 Å². The van der Waals surface area contributed by atoms with Crippen molar-refractivity contribution in [2.24, 2.45) is 12.9 Å². The first-order chi connectivity index (χ1) is 9.08. The van der Waals surface area contributed by atoms with E-state index in [9.17, 15) is 0 Å². The summed E-state index contributed by atoms with van der Waals surface area (Å²) in [7, 11) is 3.44. The summed E-state index contributed by atoms with van der Waals surface area (Å²) < 4.78 is 7.86. The highest BCUT2D eigenvalue weighted by atomic mass is 79.9. The van der Waals surface area contributed by atoms with Gasteiger partial charge in [-0.25, -0.2) is 5.43 Å². The van der Waals surface area contributed by atoms with Crippen molar-refractivity contribution in [2.75, 3.05) is 7.11 Å². The fraction of sp³-hybridized carbons (Fsp3) is 0.250. The highest BCUT2D eigenvalue weighted by molar-refractivity contribution is 9.10. The summed E-state index contributed by atoms with van der Waals surface area (Å²) in [6, 6.07) is 5.41. The van der Waals surface area contributed by atoms with Crippen molar-refractivity contribution in [1.82, 2.24) is 15.2 Å². The summed E-state index contributed by atoms with van der Waals surface area (Å²) in [4.78, 5) is 0. The van der Waals surface area contributed by atoms with Crippen molar-refractivity contribution < 1.29 is 4.74 Å². The van der Waals surface area contributed by atoms with Crippen molar-refractivity contribution in [3.8, 4) is 5.75 Å². The molecule has 1 unspecified atom stereocenters. The molecule has 0 fully saturated rings. The van der Waals surface area contributed by atoms with Gasteiger partial charge in [0.1, 0.15) is 5.69 Å². The van der Waals surface area contributed by atoms with Crippen LogP contribution in [-0.4, -0.2) is 16.9 Å². The van der Waals surface area contributed by atoms with Gasteiger partial charge in [0.05, 0.1) is 24.4 Å². The smallest absolute Gasteiger partial charge is 0.161 e. The van der Waals surface area contributed by atoms with E-state index in [2.05, 4.69) is 26.5 Å². The van der Waals surface area contributed by atoms with Gasteiger partial charge in [-0.3, -0.25) is 10.5 Å². The molecule has 2 rings (SSSR count). The molecule has 2 aromatic rings. The number of methoxy groups -OCH3 is 1. The van der Waals surface area contributed by atoms with Crippen molar-refractivity contribution in [3.63, 3.8) is 0 Å². The molecule has 0 bridgehead atoms. The Morgan fingerprint density at radius 1 is 1.53 bits per heavy atom. The molecular formula is C12H14BrClN4O. The maximum absolute atomic E-state index is 6.12. The van der Waals surface area contributed by atoms with Gasteiger partial charge in [-0.1, -0.05) is 17.7 Å². The number of nitrogens with one attached hydrogen (secondary N) is 1. The summed E-state index contributed by atoms with van der Waals surface area (Å²) in [5.41, 5.74) is 4.53. The molecule has 0 saturated carbocycles. The van der Waals surface area contributed by atoms with Gasteiger partial charge in [0.2, 0.25) is 0 Å². The maximum atomic E-state index is 6.12. The Kier molecular flexibility index (Phi) is 4.46. The highest BCUT2D eigenvalue weighted by Gasteiger charge is 2.21. The number of hydrogen-bond acceptors (Lipinski definition) is 4. The number of benzene rings is 1. The van der Waals surface area contributed by atoms with E-state index in [1.165, 1.54) is 0 Å². The van der Waals surface area contributed by atoms with Gasteiger partial charge in [-0.15, -0.1) is 0 Å². The molecule has 3 N–H and O–H groups in total. The molecule has 0 amide bonds. The molecule has 102 valence electrons. The minimum Gasteiger partial charge on any atom is -0.493 e. The number of halogens is 2. The summed E-state index contributed by atoms with van der Waals surface area (Å²) >= 11 is 9.49. The van der Waals surface area contributed by atoms with Crippen molar-refractivity contribution >= 4 is 27.5 Å². The van der Waals surface area contributed by atoms with Crippen LogP contribution in [0.15, 0.2) is 28.9 Å². The van der Waals surface area contributed by atoms with E-state index in [1.807, 2.05) is 25.2 Å². The van der Waals surface area contributed by atoms with E-state index < -0.39 is 0 Å². The first kappa shape index (κ1) is 14.3. The molecule has 19 heavy (non-hydrogen) atoms. The number of rotatable bonds is 4. The first-order valence-corrected chi connectivity index (χ1v) is 6.72. The highest BCUT2D eigenvalue weighted by Crippen LogP contribution is 2.32. The zero-order chi connectivity index (χ0) is 14.0. The maximum Gasteiger partial charge on any atom is 0.161 e. The van der Waals surface area contributed by atoms with Crippen LogP contribution in [-0.2, 0) is 7.05 Å². The Morgan fingerprint density at radius 2 is 2.26 bits per heavy atom. The average molecular weight is 346 g/mol. The molecule has 1 heterocycles. The summed E-state index contributed by atoms with van der Waals surface area (Å²) in [5, 5.41) is 4.80. The number of aromatic nitrogens is 2. The predicted molar refractivity (Wildman–Crippen MR) is 78.1 cm³/mol. The zero-order valence-electron chi connectivity index (χ0n) is 10.5. The molecule has 0 spiro atoms. The lowest BCUT2D eigenvalue weighted by molar-refractivity contribution is 0.401. The Hall–Kier alpha value is -1.08. The average Bonchev–Trinajstić information content (AvgIpc) is 2.76. The molecule has 1 aromatic heterocycles. The van der Waals surface area contributed by atoms with Crippen molar-refractivity contribution in [2.45, 2.75) is 6.04 Å². The van der Waals surface area contributed by atoms with Crippen LogP contribution in [0.5, 0.6) is 5.75 Å². The van der Waals surface area contributed by atoms with Gasteiger partial charge >= 0.3 is 0 Å². The third kappa shape index (κ3) is 2.76. The summed E-state index contributed by atoms with van der Waals surface area (Å²) in [5.74, 6) is 6.35. The fourth-order valence-corrected chi connectivity index (χ4v) is 2.37. The lowest BCUT2D eigenvalue weighted by atomic mass is 10.0. The van der Waals surface area contributed by atoms with Gasteiger partial charge in [-0.05, 0) is 33.6 Å². The van der Waals surface area contributed by atoms with Crippen LogP contribution in [0.25, 0.3) is 0 Å². The number of hydrazine groups is 1. The predicted octanol–water partition coefficient (Wildman–Crippen LogP) is 2.40. The van der Waals surface area contributed by atoms with E-state index in [4.69, 9.17) is 22.2 Å².